The molecule has 0 aliphatic carbocycles. The number of ether oxygens (including phenoxy) is 3. The largest absolute Gasteiger partial charge is 0.495 e. The summed E-state index contributed by atoms with van der Waals surface area (Å²) >= 11 is 0. The second kappa shape index (κ2) is 13.0. The van der Waals surface area contributed by atoms with E-state index in [0.717, 1.165) is 70.2 Å². The molecular formula is C29H41N3O4. The van der Waals surface area contributed by atoms with Crippen molar-refractivity contribution in [1.29, 1.82) is 0 Å². The summed E-state index contributed by atoms with van der Waals surface area (Å²) in [6, 6.07) is 17.1. The quantitative estimate of drug-likeness (QED) is 0.461. The van der Waals surface area contributed by atoms with E-state index in [9.17, 15) is 4.79 Å². The molecule has 0 spiro atoms. The van der Waals surface area contributed by atoms with Gasteiger partial charge in [-0.1, -0.05) is 30.3 Å². The minimum Gasteiger partial charge on any atom is -0.495 e. The van der Waals surface area contributed by atoms with E-state index in [0.29, 0.717) is 25.0 Å². The van der Waals surface area contributed by atoms with Crippen LogP contribution in [0, 0.1) is 5.92 Å². The van der Waals surface area contributed by atoms with Crippen LogP contribution in [0.4, 0.5) is 5.69 Å². The third kappa shape index (κ3) is 6.51. The van der Waals surface area contributed by atoms with Crippen molar-refractivity contribution in [1.82, 2.24) is 9.80 Å². The Hall–Kier alpha value is -2.77. The van der Waals surface area contributed by atoms with Crippen molar-refractivity contribution >= 4 is 11.7 Å². The van der Waals surface area contributed by atoms with E-state index in [4.69, 9.17) is 14.2 Å². The summed E-state index contributed by atoms with van der Waals surface area (Å²) in [6.07, 6.45) is 2.44. The number of esters is 1. The monoisotopic (exact) mass is 495 g/mol. The van der Waals surface area contributed by atoms with Gasteiger partial charge in [0.1, 0.15) is 11.5 Å². The topological polar surface area (TPSA) is 54.5 Å². The number of nitrogens with zero attached hydrogens (tertiary/aromatic N) is 3. The molecule has 2 heterocycles. The van der Waals surface area contributed by atoms with Crippen molar-refractivity contribution in [3.8, 4) is 11.5 Å². The van der Waals surface area contributed by atoms with Crippen molar-refractivity contribution in [3.63, 3.8) is 0 Å². The number of hydrogen-bond acceptors (Lipinski definition) is 7. The van der Waals surface area contributed by atoms with Crippen molar-refractivity contribution in [3.05, 3.63) is 54.1 Å². The summed E-state index contributed by atoms with van der Waals surface area (Å²) in [5.41, 5.74) is 2.40. The summed E-state index contributed by atoms with van der Waals surface area (Å²) in [5.74, 6) is 2.21. The molecule has 196 valence electrons. The Bertz CT molecular complexity index is 976. The lowest BCUT2D eigenvalue weighted by Crippen LogP contribution is -2.56. The number of likely N-dealkylation sites (tertiary alicyclic amines) is 1. The molecule has 0 saturated carbocycles. The first-order valence-electron chi connectivity index (χ1n) is 13.2. The molecule has 2 atom stereocenters. The minimum absolute atomic E-state index is 0.117. The molecule has 2 fully saturated rings. The van der Waals surface area contributed by atoms with Crippen LogP contribution >= 0.6 is 0 Å². The normalized spacial score (nSPS) is 21.2. The molecule has 7 nitrogen and oxygen atoms in total. The van der Waals surface area contributed by atoms with E-state index in [2.05, 4.69) is 45.0 Å². The fourth-order valence-electron chi connectivity index (χ4n) is 5.77. The Morgan fingerprint density at radius 3 is 2.39 bits per heavy atom. The van der Waals surface area contributed by atoms with Gasteiger partial charge in [0.15, 0.2) is 0 Å². The molecule has 2 aliphatic rings. The summed E-state index contributed by atoms with van der Waals surface area (Å²) < 4.78 is 16.4. The van der Waals surface area contributed by atoms with Crippen LogP contribution in [-0.2, 0) is 16.1 Å². The smallest absolute Gasteiger partial charge is 0.305 e. The highest BCUT2D eigenvalue weighted by molar-refractivity contribution is 5.69. The Kier molecular flexibility index (Phi) is 9.47. The van der Waals surface area contributed by atoms with Gasteiger partial charge in [-0.25, -0.2) is 0 Å². The number of piperazine rings is 1. The van der Waals surface area contributed by atoms with E-state index < -0.39 is 0 Å². The third-order valence-electron chi connectivity index (χ3n) is 7.60. The molecule has 0 aromatic heterocycles. The Morgan fingerprint density at radius 2 is 1.67 bits per heavy atom. The number of hydrogen-bond donors (Lipinski definition) is 0. The van der Waals surface area contributed by atoms with Crippen LogP contribution in [-0.4, -0.2) is 81.9 Å². The standard InChI is InChI=1S/C29H41N3O4/c1-4-36-27-11-7-5-9-24(27)22-30-16-15-25(23(21-30)13-14-29(33)35-3)31-17-19-32(20-18-31)26-10-6-8-12-28(26)34-2/h5-12,23,25H,4,13-22H2,1-3H3/t23-,25+/m1/s1. The fraction of sp³-hybridized carbons (Fsp3) is 0.552. The number of para-hydroxylation sites is 3. The summed E-state index contributed by atoms with van der Waals surface area (Å²) in [5, 5.41) is 0. The van der Waals surface area contributed by atoms with Crippen LogP contribution < -0.4 is 14.4 Å². The maximum absolute atomic E-state index is 12.0. The van der Waals surface area contributed by atoms with Gasteiger partial charge >= 0.3 is 5.97 Å². The molecule has 2 aliphatic heterocycles. The van der Waals surface area contributed by atoms with Gasteiger partial charge in [-0.05, 0) is 50.4 Å². The second-order valence-electron chi connectivity index (χ2n) is 9.70. The first kappa shape index (κ1) is 26.3. The molecule has 0 radical (unpaired) electrons. The molecule has 7 heteroatoms. The average molecular weight is 496 g/mol. The van der Waals surface area contributed by atoms with Gasteiger partial charge in [-0.15, -0.1) is 0 Å². The van der Waals surface area contributed by atoms with Gasteiger partial charge in [0, 0.05) is 57.3 Å². The zero-order valence-corrected chi connectivity index (χ0v) is 22.0. The maximum atomic E-state index is 12.0. The number of rotatable bonds is 10. The highest BCUT2D eigenvalue weighted by Crippen LogP contribution is 2.32. The van der Waals surface area contributed by atoms with Gasteiger partial charge < -0.3 is 19.1 Å². The molecule has 2 aromatic carbocycles. The number of piperidine rings is 1. The van der Waals surface area contributed by atoms with Crippen LogP contribution in [0.5, 0.6) is 11.5 Å². The Morgan fingerprint density at radius 1 is 0.944 bits per heavy atom. The van der Waals surface area contributed by atoms with Crippen LogP contribution in [0.25, 0.3) is 0 Å². The summed E-state index contributed by atoms with van der Waals surface area (Å²) in [7, 11) is 3.22. The fourth-order valence-corrected chi connectivity index (χ4v) is 5.77. The lowest BCUT2D eigenvalue weighted by molar-refractivity contribution is -0.141. The predicted octanol–water partition coefficient (Wildman–Crippen LogP) is 4.06. The van der Waals surface area contributed by atoms with E-state index >= 15 is 0 Å². The predicted molar refractivity (Wildman–Crippen MR) is 143 cm³/mol. The van der Waals surface area contributed by atoms with Crippen LogP contribution in [0.2, 0.25) is 0 Å². The van der Waals surface area contributed by atoms with E-state index in [-0.39, 0.29) is 5.97 Å². The van der Waals surface area contributed by atoms with Gasteiger partial charge in [0.05, 0.1) is 26.5 Å². The molecule has 0 amide bonds. The lowest BCUT2D eigenvalue weighted by Gasteiger charge is -2.47. The molecular weight excluding hydrogens is 454 g/mol. The van der Waals surface area contributed by atoms with Gasteiger partial charge in [0.2, 0.25) is 0 Å². The first-order valence-corrected chi connectivity index (χ1v) is 13.2. The molecule has 2 aromatic rings. The molecule has 0 N–H and O–H groups in total. The maximum Gasteiger partial charge on any atom is 0.305 e. The molecule has 4 rings (SSSR count). The van der Waals surface area contributed by atoms with Crippen molar-refractivity contribution < 1.29 is 19.0 Å². The third-order valence-corrected chi connectivity index (χ3v) is 7.60. The number of carbonyl (C=O) groups is 1. The molecule has 0 bridgehead atoms. The number of methoxy groups -OCH3 is 2. The van der Waals surface area contributed by atoms with E-state index in [1.807, 2.05) is 25.1 Å². The lowest BCUT2D eigenvalue weighted by atomic mass is 9.86. The Balaban J connectivity index is 1.41. The molecule has 36 heavy (non-hydrogen) atoms. The van der Waals surface area contributed by atoms with Crippen molar-refractivity contribution in [2.75, 3.05) is 65.0 Å². The highest BCUT2D eigenvalue weighted by atomic mass is 16.5. The summed E-state index contributed by atoms with van der Waals surface area (Å²) in [4.78, 5) is 19.6. The SMILES string of the molecule is CCOc1ccccc1CN1CC[C@H](N2CCN(c3ccccc3OC)CC2)[C@H](CCC(=O)OC)C1. The molecule has 2 saturated heterocycles. The molecule has 0 unspecified atom stereocenters. The summed E-state index contributed by atoms with van der Waals surface area (Å²) in [6.45, 7) is 9.59. The van der Waals surface area contributed by atoms with Gasteiger partial charge in [0.25, 0.3) is 0 Å². The minimum atomic E-state index is -0.117. The Labute approximate surface area is 215 Å². The van der Waals surface area contributed by atoms with Crippen molar-refractivity contribution in [2.24, 2.45) is 5.92 Å². The van der Waals surface area contributed by atoms with Crippen LogP contribution in [0.1, 0.15) is 31.7 Å². The van der Waals surface area contributed by atoms with Gasteiger partial charge in [-0.3, -0.25) is 14.6 Å². The highest BCUT2D eigenvalue weighted by Gasteiger charge is 2.35. The number of anilines is 1. The van der Waals surface area contributed by atoms with E-state index in [1.165, 1.54) is 18.4 Å². The zero-order chi connectivity index (χ0) is 25.3. The average Bonchev–Trinajstić information content (AvgIpc) is 2.93. The van der Waals surface area contributed by atoms with Crippen LogP contribution in [0.15, 0.2) is 48.5 Å². The van der Waals surface area contributed by atoms with Crippen molar-refractivity contribution in [2.45, 2.75) is 38.8 Å². The van der Waals surface area contributed by atoms with Crippen LogP contribution in [0.3, 0.4) is 0 Å². The number of carbonyl (C=O) groups excluding carboxylic acids is 1. The zero-order valence-electron chi connectivity index (χ0n) is 22.0. The van der Waals surface area contributed by atoms with Gasteiger partial charge in [-0.2, -0.15) is 0 Å². The van der Waals surface area contributed by atoms with E-state index in [1.54, 1.807) is 7.11 Å². The second-order valence-corrected chi connectivity index (χ2v) is 9.70. The number of benzene rings is 2. The first-order chi connectivity index (χ1) is 17.6.